The first-order valence-corrected chi connectivity index (χ1v) is 10.7. The molecule has 0 spiro atoms. The van der Waals surface area contributed by atoms with E-state index in [0.717, 1.165) is 36.0 Å². The standard InChI is InChI=1S/C21H25NO4S/c1-2-16-8-10-20(11-9-16)27(25,26)22-12-4-7-19(15-22)18-6-3-5-17(13-18)14-21(23)24/h3,5-6,8-11,13,19H,2,4,7,12,14-15H2,1H3,(H,23,24). The molecule has 1 atom stereocenters. The molecule has 1 heterocycles. The highest BCUT2D eigenvalue weighted by Gasteiger charge is 2.31. The van der Waals surface area contributed by atoms with Crippen LogP contribution in [0, 0.1) is 0 Å². The summed E-state index contributed by atoms with van der Waals surface area (Å²) in [6, 6.07) is 14.6. The van der Waals surface area contributed by atoms with Crippen LogP contribution in [0.5, 0.6) is 0 Å². The molecule has 1 aliphatic heterocycles. The zero-order valence-electron chi connectivity index (χ0n) is 15.5. The molecule has 0 radical (unpaired) electrons. The second kappa shape index (κ2) is 8.23. The van der Waals surface area contributed by atoms with E-state index in [1.807, 2.05) is 37.3 Å². The molecule has 144 valence electrons. The number of nitrogens with zero attached hydrogens (tertiary/aromatic N) is 1. The number of aryl methyl sites for hydroxylation is 1. The lowest BCUT2D eigenvalue weighted by atomic mass is 9.90. The number of carbonyl (C=O) groups is 1. The van der Waals surface area contributed by atoms with E-state index in [4.69, 9.17) is 5.11 Å². The first-order chi connectivity index (χ1) is 12.9. The van der Waals surface area contributed by atoms with Crippen molar-refractivity contribution in [2.75, 3.05) is 13.1 Å². The normalized spacial score (nSPS) is 18.3. The Balaban J connectivity index is 1.80. The smallest absolute Gasteiger partial charge is 0.307 e. The van der Waals surface area contributed by atoms with Crippen molar-refractivity contribution in [3.05, 3.63) is 65.2 Å². The number of hydrogen-bond acceptors (Lipinski definition) is 3. The SMILES string of the molecule is CCc1ccc(S(=O)(=O)N2CCCC(c3cccc(CC(=O)O)c3)C2)cc1. The van der Waals surface area contributed by atoms with Crippen LogP contribution >= 0.6 is 0 Å². The minimum atomic E-state index is -3.52. The van der Waals surface area contributed by atoms with Gasteiger partial charge in [-0.25, -0.2) is 8.42 Å². The first-order valence-electron chi connectivity index (χ1n) is 9.30. The van der Waals surface area contributed by atoms with Crippen LogP contribution in [-0.2, 0) is 27.7 Å². The molecule has 5 nitrogen and oxygen atoms in total. The Labute approximate surface area is 160 Å². The van der Waals surface area contributed by atoms with E-state index >= 15 is 0 Å². The van der Waals surface area contributed by atoms with Crippen molar-refractivity contribution < 1.29 is 18.3 Å². The van der Waals surface area contributed by atoms with Gasteiger partial charge in [0.15, 0.2) is 0 Å². The number of sulfonamides is 1. The maximum absolute atomic E-state index is 13.0. The number of carboxylic acid groups (broad SMARTS) is 1. The van der Waals surface area contributed by atoms with Crippen molar-refractivity contribution in [3.63, 3.8) is 0 Å². The van der Waals surface area contributed by atoms with Crippen molar-refractivity contribution in [2.45, 2.75) is 43.4 Å². The van der Waals surface area contributed by atoms with E-state index < -0.39 is 16.0 Å². The molecule has 0 aromatic heterocycles. The molecule has 1 unspecified atom stereocenters. The van der Waals surface area contributed by atoms with Gasteiger partial charge in [-0.1, -0.05) is 43.3 Å². The molecule has 6 heteroatoms. The summed E-state index contributed by atoms with van der Waals surface area (Å²) >= 11 is 0. The quantitative estimate of drug-likeness (QED) is 0.824. The summed E-state index contributed by atoms with van der Waals surface area (Å²) in [5.74, 6) is -0.785. The van der Waals surface area contributed by atoms with Gasteiger partial charge in [-0.2, -0.15) is 4.31 Å². The Kier molecular flexibility index (Phi) is 5.97. The minimum absolute atomic E-state index is 0.0215. The predicted octanol–water partition coefficient (Wildman–Crippen LogP) is 3.44. The van der Waals surface area contributed by atoms with Crippen LogP contribution in [0.3, 0.4) is 0 Å². The second-order valence-corrected chi connectivity index (χ2v) is 8.95. The fourth-order valence-corrected chi connectivity index (χ4v) is 5.13. The molecule has 0 amide bonds. The lowest BCUT2D eigenvalue weighted by Gasteiger charge is -2.32. The lowest BCUT2D eigenvalue weighted by Crippen LogP contribution is -2.39. The fraction of sp³-hybridized carbons (Fsp3) is 0.381. The van der Waals surface area contributed by atoms with E-state index in [2.05, 4.69) is 0 Å². The van der Waals surface area contributed by atoms with Gasteiger partial charge in [0.1, 0.15) is 0 Å². The summed E-state index contributed by atoms with van der Waals surface area (Å²) in [5, 5.41) is 8.99. The van der Waals surface area contributed by atoms with Gasteiger partial charge < -0.3 is 5.11 Å². The Morgan fingerprint density at radius 1 is 1.15 bits per heavy atom. The highest BCUT2D eigenvalue weighted by molar-refractivity contribution is 7.89. The minimum Gasteiger partial charge on any atom is -0.481 e. The molecule has 1 N–H and O–H groups in total. The van der Waals surface area contributed by atoms with Crippen molar-refractivity contribution in [1.29, 1.82) is 0 Å². The van der Waals surface area contributed by atoms with Crippen molar-refractivity contribution in [1.82, 2.24) is 4.31 Å². The monoisotopic (exact) mass is 387 g/mol. The first kappa shape index (κ1) is 19.6. The summed E-state index contributed by atoms with van der Waals surface area (Å²) in [5.41, 5.74) is 2.87. The average Bonchev–Trinajstić information content (AvgIpc) is 2.68. The van der Waals surface area contributed by atoms with E-state index in [-0.39, 0.29) is 12.3 Å². The topological polar surface area (TPSA) is 74.7 Å². The number of carboxylic acids is 1. The molecule has 0 aliphatic carbocycles. The Bertz CT molecular complexity index is 906. The molecule has 1 aliphatic rings. The molecule has 1 saturated heterocycles. The average molecular weight is 388 g/mol. The fourth-order valence-electron chi connectivity index (χ4n) is 3.61. The molecule has 3 rings (SSSR count). The zero-order valence-corrected chi connectivity index (χ0v) is 16.3. The number of benzene rings is 2. The van der Waals surface area contributed by atoms with Crippen LogP contribution in [0.1, 0.15) is 42.4 Å². The summed E-state index contributed by atoms with van der Waals surface area (Å²) in [4.78, 5) is 11.3. The largest absolute Gasteiger partial charge is 0.481 e. The zero-order chi connectivity index (χ0) is 19.4. The summed E-state index contributed by atoms with van der Waals surface area (Å²) < 4.78 is 27.6. The van der Waals surface area contributed by atoms with Crippen LogP contribution in [-0.4, -0.2) is 36.9 Å². The number of piperidine rings is 1. The van der Waals surface area contributed by atoms with Gasteiger partial charge in [0.25, 0.3) is 0 Å². The highest BCUT2D eigenvalue weighted by Crippen LogP contribution is 2.31. The van der Waals surface area contributed by atoms with Gasteiger partial charge in [-0.3, -0.25) is 4.79 Å². The van der Waals surface area contributed by atoms with E-state index in [1.54, 1.807) is 22.5 Å². The van der Waals surface area contributed by atoms with Crippen molar-refractivity contribution >= 4 is 16.0 Å². The van der Waals surface area contributed by atoms with Gasteiger partial charge in [-0.15, -0.1) is 0 Å². The van der Waals surface area contributed by atoms with Crippen LogP contribution < -0.4 is 0 Å². The molecule has 27 heavy (non-hydrogen) atoms. The molecule has 2 aromatic carbocycles. The van der Waals surface area contributed by atoms with E-state index in [0.29, 0.717) is 18.0 Å². The third kappa shape index (κ3) is 4.57. The van der Waals surface area contributed by atoms with Crippen LogP contribution in [0.2, 0.25) is 0 Å². The summed E-state index contributed by atoms with van der Waals surface area (Å²) in [7, 11) is -3.52. The maximum Gasteiger partial charge on any atom is 0.307 e. The molecule has 0 saturated carbocycles. The predicted molar refractivity (Wildman–Crippen MR) is 104 cm³/mol. The van der Waals surface area contributed by atoms with E-state index in [1.165, 1.54) is 0 Å². The number of hydrogen-bond donors (Lipinski definition) is 1. The Hall–Kier alpha value is -2.18. The number of aliphatic carboxylic acids is 1. The highest BCUT2D eigenvalue weighted by atomic mass is 32.2. The third-order valence-electron chi connectivity index (χ3n) is 5.13. The Morgan fingerprint density at radius 3 is 2.56 bits per heavy atom. The van der Waals surface area contributed by atoms with Gasteiger partial charge >= 0.3 is 5.97 Å². The van der Waals surface area contributed by atoms with Crippen molar-refractivity contribution in [3.8, 4) is 0 Å². The van der Waals surface area contributed by atoms with Crippen molar-refractivity contribution in [2.24, 2.45) is 0 Å². The number of rotatable bonds is 6. The summed E-state index contributed by atoms with van der Waals surface area (Å²) in [6.07, 6.45) is 2.54. The second-order valence-electron chi connectivity index (χ2n) is 7.02. The molecule has 0 bridgehead atoms. The molecule has 2 aromatic rings. The third-order valence-corrected chi connectivity index (χ3v) is 7.01. The molecule has 1 fully saturated rings. The molecular weight excluding hydrogens is 362 g/mol. The van der Waals surface area contributed by atoms with Gasteiger partial charge in [0, 0.05) is 13.1 Å². The van der Waals surface area contributed by atoms with Gasteiger partial charge in [0.2, 0.25) is 10.0 Å². The summed E-state index contributed by atoms with van der Waals surface area (Å²) in [6.45, 7) is 2.98. The van der Waals surface area contributed by atoms with Crippen LogP contribution in [0.25, 0.3) is 0 Å². The van der Waals surface area contributed by atoms with Gasteiger partial charge in [-0.05, 0) is 54.0 Å². The van der Waals surface area contributed by atoms with E-state index in [9.17, 15) is 13.2 Å². The maximum atomic E-state index is 13.0. The van der Waals surface area contributed by atoms with Crippen LogP contribution in [0.4, 0.5) is 0 Å². The van der Waals surface area contributed by atoms with Crippen LogP contribution in [0.15, 0.2) is 53.4 Å². The Morgan fingerprint density at radius 2 is 1.89 bits per heavy atom. The lowest BCUT2D eigenvalue weighted by molar-refractivity contribution is -0.136. The molecular formula is C21H25NO4S. The van der Waals surface area contributed by atoms with Gasteiger partial charge in [0.05, 0.1) is 11.3 Å².